The first-order valence-electron chi connectivity index (χ1n) is 7.40. The largest absolute Gasteiger partial charge is 0.416 e. The molecule has 0 saturated carbocycles. The third-order valence-corrected chi connectivity index (χ3v) is 4.36. The van der Waals surface area contributed by atoms with Crippen LogP contribution >= 0.6 is 11.3 Å². The Labute approximate surface area is 149 Å². The van der Waals surface area contributed by atoms with Gasteiger partial charge in [0.1, 0.15) is 6.54 Å². The standard InChI is InChI=1S/C17H12F3N3O2S/c18-17(19,20)11-3-5-12(6-4-11)22-15(24)9-23-10-21-13(8-16(23)25)14-2-1-7-26-14/h1-8,10H,9H2,(H,22,24). The predicted octanol–water partition coefficient (Wildman–Crippen LogP) is 3.63. The van der Waals surface area contributed by atoms with Gasteiger partial charge in [-0.25, -0.2) is 4.98 Å². The number of carbonyl (C=O) groups is 1. The molecule has 0 bridgehead atoms. The Morgan fingerprint density at radius 2 is 1.92 bits per heavy atom. The van der Waals surface area contributed by atoms with Gasteiger partial charge in [0.05, 0.1) is 22.5 Å². The van der Waals surface area contributed by atoms with E-state index in [2.05, 4.69) is 10.3 Å². The molecule has 0 aliphatic carbocycles. The summed E-state index contributed by atoms with van der Waals surface area (Å²) >= 11 is 1.44. The van der Waals surface area contributed by atoms with Crippen LogP contribution in [0.4, 0.5) is 18.9 Å². The summed E-state index contributed by atoms with van der Waals surface area (Å²) in [6, 6.07) is 9.05. The number of alkyl halides is 3. The summed E-state index contributed by atoms with van der Waals surface area (Å²) in [5.74, 6) is -0.544. The number of hydrogen-bond acceptors (Lipinski definition) is 4. The van der Waals surface area contributed by atoms with Gasteiger partial charge in [-0.05, 0) is 35.7 Å². The number of benzene rings is 1. The van der Waals surface area contributed by atoms with Crippen molar-refractivity contribution in [2.24, 2.45) is 0 Å². The topological polar surface area (TPSA) is 64.0 Å². The molecule has 0 saturated heterocycles. The Balaban J connectivity index is 1.67. The lowest BCUT2D eigenvalue weighted by molar-refractivity contribution is -0.137. The van der Waals surface area contributed by atoms with Crippen LogP contribution in [0.1, 0.15) is 5.56 Å². The first-order valence-corrected chi connectivity index (χ1v) is 8.28. The summed E-state index contributed by atoms with van der Waals surface area (Å²) in [6.07, 6.45) is -3.17. The first kappa shape index (κ1) is 17.9. The Morgan fingerprint density at radius 3 is 2.50 bits per heavy atom. The minimum absolute atomic E-state index is 0.208. The zero-order chi connectivity index (χ0) is 18.7. The fraction of sp³-hybridized carbons (Fsp3) is 0.118. The van der Waals surface area contributed by atoms with Gasteiger partial charge >= 0.3 is 6.18 Å². The van der Waals surface area contributed by atoms with E-state index in [4.69, 9.17) is 0 Å². The van der Waals surface area contributed by atoms with Crippen molar-refractivity contribution < 1.29 is 18.0 Å². The summed E-state index contributed by atoms with van der Waals surface area (Å²) in [6.45, 7) is -0.294. The Kier molecular flexibility index (Phi) is 4.90. The first-order chi connectivity index (χ1) is 12.3. The summed E-state index contributed by atoms with van der Waals surface area (Å²) in [5.41, 5.74) is -0.477. The average Bonchev–Trinajstić information content (AvgIpc) is 3.11. The second-order valence-corrected chi connectivity index (χ2v) is 6.29. The fourth-order valence-electron chi connectivity index (χ4n) is 2.20. The maximum Gasteiger partial charge on any atom is 0.416 e. The van der Waals surface area contributed by atoms with Crippen LogP contribution in [0.2, 0.25) is 0 Å². The van der Waals surface area contributed by atoms with Gasteiger partial charge in [0.15, 0.2) is 0 Å². The third-order valence-electron chi connectivity index (χ3n) is 3.46. The van der Waals surface area contributed by atoms with Crippen LogP contribution < -0.4 is 10.9 Å². The summed E-state index contributed by atoms with van der Waals surface area (Å²) in [4.78, 5) is 29.1. The quantitative estimate of drug-likeness (QED) is 0.753. The van der Waals surface area contributed by atoms with Gasteiger partial charge in [-0.3, -0.25) is 14.2 Å². The number of nitrogens with one attached hydrogen (secondary N) is 1. The molecular weight excluding hydrogens is 367 g/mol. The lowest BCUT2D eigenvalue weighted by Gasteiger charge is -2.09. The van der Waals surface area contributed by atoms with Crippen molar-refractivity contribution in [1.82, 2.24) is 9.55 Å². The number of aromatic nitrogens is 2. The molecule has 0 aliphatic heterocycles. The van der Waals surface area contributed by atoms with Gasteiger partial charge in [-0.1, -0.05) is 6.07 Å². The lowest BCUT2D eigenvalue weighted by atomic mass is 10.2. The second kappa shape index (κ2) is 7.12. The Hall–Kier alpha value is -2.94. The molecule has 2 aromatic heterocycles. The fourth-order valence-corrected chi connectivity index (χ4v) is 2.89. The van der Waals surface area contributed by atoms with E-state index in [0.29, 0.717) is 5.69 Å². The molecule has 134 valence electrons. The number of nitrogens with zero attached hydrogens (tertiary/aromatic N) is 2. The SMILES string of the molecule is O=C(Cn1cnc(-c2cccs2)cc1=O)Nc1ccc(C(F)(F)F)cc1. The zero-order valence-corrected chi connectivity index (χ0v) is 14.0. The molecule has 3 rings (SSSR count). The van der Waals surface area contributed by atoms with Crippen LogP contribution in [-0.4, -0.2) is 15.5 Å². The van der Waals surface area contributed by atoms with Gasteiger partial charge in [0, 0.05) is 11.8 Å². The smallest absolute Gasteiger partial charge is 0.325 e. The maximum atomic E-state index is 12.5. The minimum atomic E-state index is -4.44. The molecule has 1 N–H and O–H groups in total. The molecule has 9 heteroatoms. The number of halogens is 3. The Bertz CT molecular complexity index is 964. The van der Waals surface area contributed by atoms with Crippen molar-refractivity contribution in [2.45, 2.75) is 12.7 Å². The predicted molar refractivity (Wildman–Crippen MR) is 91.9 cm³/mol. The van der Waals surface area contributed by atoms with E-state index in [-0.39, 0.29) is 12.2 Å². The number of amides is 1. The van der Waals surface area contributed by atoms with E-state index in [1.165, 1.54) is 23.7 Å². The highest BCUT2D eigenvalue weighted by atomic mass is 32.1. The van der Waals surface area contributed by atoms with Crippen molar-refractivity contribution in [1.29, 1.82) is 0 Å². The average molecular weight is 379 g/mol. The van der Waals surface area contributed by atoms with Crippen LogP contribution in [0.3, 0.4) is 0 Å². The lowest BCUT2D eigenvalue weighted by Crippen LogP contribution is -2.27. The third kappa shape index (κ3) is 4.17. The van der Waals surface area contributed by atoms with Crippen LogP contribution in [0.15, 0.2) is 59.0 Å². The van der Waals surface area contributed by atoms with Crippen molar-refractivity contribution in [3.8, 4) is 10.6 Å². The van der Waals surface area contributed by atoms with Crippen molar-refractivity contribution >= 4 is 22.9 Å². The van der Waals surface area contributed by atoms with E-state index in [1.54, 1.807) is 0 Å². The highest BCUT2D eigenvalue weighted by Gasteiger charge is 2.29. The molecular formula is C17H12F3N3O2S. The second-order valence-electron chi connectivity index (χ2n) is 5.34. The zero-order valence-electron chi connectivity index (χ0n) is 13.2. The van der Waals surface area contributed by atoms with Gasteiger partial charge in [-0.2, -0.15) is 13.2 Å². The van der Waals surface area contributed by atoms with E-state index in [0.717, 1.165) is 33.7 Å². The highest BCUT2D eigenvalue weighted by molar-refractivity contribution is 7.13. The normalized spacial score (nSPS) is 11.3. The van der Waals surface area contributed by atoms with Gasteiger partial charge in [-0.15, -0.1) is 11.3 Å². The molecule has 26 heavy (non-hydrogen) atoms. The van der Waals surface area contributed by atoms with Crippen LogP contribution in [-0.2, 0) is 17.5 Å². The molecule has 2 heterocycles. The number of rotatable bonds is 4. The molecule has 0 radical (unpaired) electrons. The molecule has 1 aromatic carbocycles. The number of carbonyl (C=O) groups excluding carboxylic acids is 1. The molecule has 0 unspecified atom stereocenters. The van der Waals surface area contributed by atoms with Crippen LogP contribution in [0, 0.1) is 0 Å². The van der Waals surface area contributed by atoms with E-state index in [1.807, 2.05) is 17.5 Å². The van der Waals surface area contributed by atoms with E-state index < -0.39 is 23.2 Å². The maximum absolute atomic E-state index is 12.5. The highest BCUT2D eigenvalue weighted by Crippen LogP contribution is 2.29. The molecule has 5 nitrogen and oxygen atoms in total. The van der Waals surface area contributed by atoms with Gasteiger partial charge < -0.3 is 5.32 Å². The number of hydrogen-bond donors (Lipinski definition) is 1. The van der Waals surface area contributed by atoms with Crippen LogP contribution in [0.5, 0.6) is 0 Å². The number of anilines is 1. The van der Waals surface area contributed by atoms with Crippen molar-refractivity contribution in [3.63, 3.8) is 0 Å². The Morgan fingerprint density at radius 1 is 1.19 bits per heavy atom. The summed E-state index contributed by atoms with van der Waals surface area (Å²) in [7, 11) is 0. The van der Waals surface area contributed by atoms with Gasteiger partial charge in [0.25, 0.3) is 5.56 Å². The van der Waals surface area contributed by atoms with Crippen LogP contribution in [0.25, 0.3) is 10.6 Å². The van der Waals surface area contributed by atoms with E-state index in [9.17, 15) is 22.8 Å². The van der Waals surface area contributed by atoms with E-state index >= 15 is 0 Å². The molecule has 0 aliphatic rings. The van der Waals surface area contributed by atoms with Crippen molar-refractivity contribution in [2.75, 3.05) is 5.32 Å². The van der Waals surface area contributed by atoms with Crippen molar-refractivity contribution in [3.05, 3.63) is 70.1 Å². The molecule has 0 fully saturated rings. The number of thiophene rings is 1. The molecule has 0 spiro atoms. The molecule has 1 amide bonds. The monoisotopic (exact) mass is 379 g/mol. The molecule has 0 atom stereocenters. The summed E-state index contributed by atoms with van der Waals surface area (Å²) in [5, 5.41) is 4.31. The minimum Gasteiger partial charge on any atom is -0.325 e. The molecule has 3 aromatic rings. The van der Waals surface area contributed by atoms with Gasteiger partial charge in [0.2, 0.25) is 5.91 Å². The summed E-state index contributed by atoms with van der Waals surface area (Å²) < 4.78 is 38.7.